The normalized spacial score (nSPS) is 16.8. The van der Waals surface area contributed by atoms with E-state index in [0.29, 0.717) is 30.0 Å². The molecule has 84 valence electrons. The van der Waals surface area contributed by atoms with E-state index in [1.807, 2.05) is 0 Å². The van der Waals surface area contributed by atoms with E-state index in [4.69, 9.17) is 11.6 Å². The van der Waals surface area contributed by atoms with Gasteiger partial charge in [0.15, 0.2) is 0 Å². The van der Waals surface area contributed by atoms with Crippen molar-refractivity contribution in [2.45, 2.75) is 19.3 Å². The third-order valence-electron chi connectivity index (χ3n) is 2.43. The van der Waals surface area contributed by atoms with Crippen LogP contribution in [0.15, 0.2) is 22.7 Å². The van der Waals surface area contributed by atoms with Gasteiger partial charge in [0.2, 0.25) is 11.8 Å². The van der Waals surface area contributed by atoms with Gasteiger partial charge in [-0.1, -0.05) is 27.5 Å². The molecule has 0 N–H and O–H groups in total. The molecule has 3 nitrogen and oxygen atoms in total. The molecule has 1 aliphatic rings. The van der Waals surface area contributed by atoms with E-state index >= 15 is 0 Å². The Morgan fingerprint density at radius 1 is 1.19 bits per heavy atom. The van der Waals surface area contributed by atoms with Gasteiger partial charge >= 0.3 is 0 Å². The maximum absolute atomic E-state index is 11.7. The minimum Gasteiger partial charge on any atom is -0.274 e. The van der Waals surface area contributed by atoms with Gasteiger partial charge in [-0.3, -0.25) is 9.59 Å². The van der Waals surface area contributed by atoms with Crippen LogP contribution in [0.4, 0.5) is 5.69 Å². The second-order valence-electron chi connectivity index (χ2n) is 3.57. The van der Waals surface area contributed by atoms with E-state index in [9.17, 15) is 9.59 Å². The maximum atomic E-state index is 11.7. The fraction of sp³-hybridized carbons (Fsp3) is 0.273. The van der Waals surface area contributed by atoms with Gasteiger partial charge in [0, 0.05) is 17.3 Å². The quantitative estimate of drug-likeness (QED) is 0.747. The van der Waals surface area contributed by atoms with Gasteiger partial charge in [-0.05, 0) is 24.6 Å². The number of amides is 2. The highest BCUT2D eigenvalue weighted by Gasteiger charge is 2.28. The lowest BCUT2D eigenvalue weighted by molar-refractivity contribution is -0.129. The van der Waals surface area contributed by atoms with E-state index in [0.717, 1.165) is 4.47 Å². The summed E-state index contributed by atoms with van der Waals surface area (Å²) in [6, 6.07) is 5.12. The maximum Gasteiger partial charge on any atom is 0.233 e. The fourth-order valence-corrected chi connectivity index (χ4v) is 2.23. The lowest BCUT2D eigenvalue weighted by Crippen LogP contribution is -2.40. The Hall–Kier alpha value is -0.870. The summed E-state index contributed by atoms with van der Waals surface area (Å²) in [5.41, 5.74) is 0.464. The van der Waals surface area contributed by atoms with E-state index in [1.54, 1.807) is 18.2 Å². The number of nitrogens with zero attached hydrogens (tertiary/aromatic N) is 1. The molecule has 0 aromatic heterocycles. The molecule has 2 amide bonds. The number of hydrogen-bond acceptors (Lipinski definition) is 2. The number of imide groups is 1. The predicted molar refractivity (Wildman–Crippen MR) is 65.5 cm³/mol. The zero-order valence-electron chi connectivity index (χ0n) is 8.37. The molecule has 0 aliphatic carbocycles. The van der Waals surface area contributed by atoms with E-state index in [1.165, 1.54) is 4.90 Å². The average molecular weight is 303 g/mol. The number of piperidine rings is 1. The van der Waals surface area contributed by atoms with Crippen molar-refractivity contribution in [3.63, 3.8) is 0 Å². The standard InChI is InChI=1S/C11H9BrClNO2/c12-7-4-5-8(13)9(6-7)14-10(15)2-1-3-11(14)16/h4-6H,1-3H2. The van der Waals surface area contributed by atoms with Crippen LogP contribution in [-0.4, -0.2) is 11.8 Å². The van der Waals surface area contributed by atoms with Crippen LogP contribution in [0.25, 0.3) is 0 Å². The molecule has 0 unspecified atom stereocenters. The van der Waals surface area contributed by atoms with E-state index < -0.39 is 0 Å². The third-order valence-corrected chi connectivity index (χ3v) is 3.24. The highest BCUT2D eigenvalue weighted by atomic mass is 79.9. The van der Waals surface area contributed by atoms with Crippen LogP contribution in [0.2, 0.25) is 5.02 Å². The smallest absolute Gasteiger partial charge is 0.233 e. The number of halogens is 2. The zero-order chi connectivity index (χ0) is 11.7. The van der Waals surface area contributed by atoms with E-state index in [-0.39, 0.29) is 11.8 Å². The van der Waals surface area contributed by atoms with Gasteiger partial charge in [0.1, 0.15) is 0 Å². The molecule has 16 heavy (non-hydrogen) atoms. The molecule has 0 atom stereocenters. The topological polar surface area (TPSA) is 37.4 Å². The number of carbonyl (C=O) groups excluding carboxylic acids is 2. The molecular formula is C11H9BrClNO2. The molecule has 0 spiro atoms. The second-order valence-corrected chi connectivity index (χ2v) is 4.90. The molecular weight excluding hydrogens is 293 g/mol. The van der Waals surface area contributed by atoms with Crippen molar-refractivity contribution < 1.29 is 9.59 Å². The number of carbonyl (C=O) groups is 2. The molecule has 2 rings (SSSR count). The van der Waals surface area contributed by atoms with Crippen LogP contribution in [0, 0.1) is 0 Å². The first-order chi connectivity index (χ1) is 7.59. The summed E-state index contributed by atoms with van der Waals surface area (Å²) < 4.78 is 0.790. The Morgan fingerprint density at radius 3 is 2.44 bits per heavy atom. The van der Waals surface area contributed by atoms with Gasteiger partial charge in [-0.25, -0.2) is 4.90 Å². The molecule has 1 heterocycles. The molecule has 0 radical (unpaired) electrons. The largest absolute Gasteiger partial charge is 0.274 e. The van der Waals surface area contributed by atoms with Gasteiger partial charge in [-0.15, -0.1) is 0 Å². The average Bonchev–Trinajstić information content (AvgIpc) is 2.23. The summed E-state index contributed by atoms with van der Waals surface area (Å²) in [6.45, 7) is 0. The summed E-state index contributed by atoms with van der Waals surface area (Å²) in [6.07, 6.45) is 1.42. The van der Waals surface area contributed by atoms with E-state index in [2.05, 4.69) is 15.9 Å². The Kier molecular flexibility index (Phi) is 3.30. The van der Waals surface area contributed by atoms with Crippen LogP contribution in [0.3, 0.4) is 0 Å². The Labute approximate surface area is 107 Å². The minimum absolute atomic E-state index is 0.184. The summed E-state index contributed by atoms with van der Waals surface area (Å²) >= 11 is 9.29. The number of rotatable bonds is 1. The predicted octanol–water partition coefficient (Wildman–Crippen LogP) is 3.15. The molecule has 1 aromatic rings. The van der Waals surface area contributed by atoms with Gasteiger partial charge < -0.3 is 0 Å². The lowest BCUT2D eigenvalue weighted by atomic mass is 10.1. The lowest BCUT2D eigenvalue weighted by Gasteiger charge is -2.25. The summed E-state index contributed by atoms with van der Waals surface area (Å²) in [5.74, 6) is -0.368. The van der Waals surface area contributed by atoms with Crippen molar-refractivity contribution in [3.05, 3.63) is 27.7 Å². The first kappa shape index (κ1) is 11.6. The summed E-state index contributed by atoms with van der Waals surface area (Å²) in [7, 11) is 0. The number of hydrogen-bond donors (Lipinski definition) is 0. The third kappa shape index (κ3) is 2.13. The Bertz CT molecular complexity index is 445. The van der Waals surface area contributed by atoms with Crippen molar-refractivity contribution in [3.8, 4) is 0 Å². The van der Waals surface area contributed by atoms with Gasteiger partial charge in [-0.2, -0.15) is 0 Å². The molecule has 5 heteroatoms. The van der Waals surface area contributed by atoms with Crippen molar-refractivity contribution >= 4 is 45.0 Å². The summed E-state index contributed by atoms with van der Waals surface area (Å²) in [5, 5.41) is 0.409. The van der Waals surface area contributed by atoms with Crippen LogP contribution >= 0.6 is 27.5 Å². The number of anilines is 1. The fourth-order valence-electron chi connectivity index (χ4n) is 1.68. The van der Waals surface area contributed by atoms with Crippen molar-refractivity contribution in [1.29, 1.82) is 0 Å². The Balaban J connectivity index is 2.45. The van der Waals surface area contributed by atoms with Crippen LogP contribution in [0.5, 0.6) is 0 Å². The molecule has 1 aliphatic heterocycles. The number of benzene rings is 1. The highest BCUT2D eigenvalue weighted by molar-refractivity contribution is 9.10. The SMILES string of the molecule is O=C1CCCC(=O)N1c1cc(Br)ccc1Cl. The van der Waals surface area contributed by atoms with Crippen molar-refractivity contribution in [2.24, 2.45) is 0 Å². The van der Waals surface area contributed by atoms with Crippen LogP contribution in [0.1, 0.15) is 19.3 Å². The second kappa shape index (κ2) is 4.55. The molecule has 1 fully saturated rings. The van der Waals surface area contributed by atoms with Crippen LogP contribution < -0.4 is 4.90 Å². The minimum atomic E-state index is -0.184. The molecule has 0 bridgehead atoms. The van der Waals surface area contributed by atoms with Gasteiger partial charge in [0.25, 0.3) is 0 Å². The molecule has 1 saturated heterocycles. The Morgan fingerprint density at radius 2 is 1.81 bits per heavy atom. The van der Waals surface area contributed by atoms with Crippen molar-refractivity contribution in [1.82, 2.24) is 0 Å². The molecule has 0 saturated carbocycles. The zero-order valence-corrected chi connectivity index (χ0v) is 10.7. The highest BCUT2D eigenvalue weighted by Crippen LogP contribution is 2.31. The summed E-state index contributed by atoms with van der Waals surface area (Å²) in [4.78, 5) is 24.6. The monoisotopic (exact) mass is 301 g/mol. The molecule has 1 aromatic carbocycles. The first-order valence-electron chi connectivity index (χ1n) is 4.90. The van der Waals surface area contributed by atoms with Crippen molar-refractivity contribution in [2.75, 3.05) is 4.90 Å². The first-order valence-corrected chi connectivity index (χ1v) is 6.07. The van der Waals surface area contributed by atoms with Gasteiger partial charge in [0.05, 0.1) is 10.7 Å². The van der Waals surface area contributed by atoms with Crippen LogP contribution in [-0.2, 0) is 9.59 Å².